The van der Waals surface area contributed by atoms with Crippen molar-refractivity contribution in [2.45, 2.75) is 19.9 Å². The fourth-order valence-electron chi connectivity index (χ4n) is 2.46. The summed E-state index contributed by atoms with van der Waals surface area (Å²) in [5.74, 6) is -1.10. The van der Waals surface area contributed by atoms with Crippen LogP contribution in [0.25, 0.3) is 0 Å². The third-order valence-electron chi connectivity index (χ3n) is 3.86. The summed E-state index contributed by atoms with van der Waals surface area (Å²) in [7, 11) is 1.54. The number of amides is 2. The Kier molecular flexibility index (Phi) is 5.92. The molecule has 1 heterocycles. The van der Waals surface area contributed by atoms with E-state index in [9.17, 15) is 14.0 Å². The minimum absolute atomic E-state index is 0.0884. The zero-order valence-corrected chi connectivity index (χ0v) is 14.0. The van der Waals surface area contributed by atoms with Crippen molar-refractivity contribution in [3.8, 4) is 0 Å². The number of hydrogen-bond acceptors (Lipinski definition) is 4. The Hall–Kier alpha value is -2.41. The summed E-state index contributed by atoms with van der Waals surface area (Å²) >= 11 is 0. The summed E-state index contributed by atoms with van der Waals surface area (Å²) in [5, 5.41) is 2.64. The molecule has 0 aliphatic carbocycles. The Labute approximate surface area is 140 Å². The molecule has 130 valence electrons. The minimum atomic E-state index is -0.894. The van der Waals surface area contributed by atoms with Crippen LogP contribution in [0.15, 0.2) is 35.5 Å². The summed E-state index contributed by atoms with van der Waals surface area (Å²) in [4.78, 5) is 25.8. The molecule has 0 aromatic heterocycles. The van der Waals surface area contributed by atoms with Crippen molar-refractivity contribution >= 4 is 12.0 Å². The molecule has 1 aromatic carbocycles. The predicted molar refractivity (Wildman–Crippen MR) is 85.6 cm³/mol. The SMILES string of the molecule is CCOCCOC(=O)C1=C(C)N(C)C(=O)N[C@@H]1c1ccccc1F. The molecule has 7 heteroatoms. The Morgan fingerprint density at radius 2 is 2.04 bits per heavy atom. The third-order valence-corrected chi connectivity index (χ3v) is 3.86. The van der Waals surface area contributed by atoms with E-state index in [4.69, 9.17) is 9.47 Å². The fourth-order valence-corrected chi connectivity index (χ4v) is 2.46. The molecule has 0 radical (unpaired) electrons. The molecule has 2 amide bonds. The van der Waals surface area contributed by atoms with Crippen LogP contribution >= 0.6 is 0 Å². The number of halogens is 1. The molecule has 24 heavy (non-hydrogen) atoms. The van der Waals surface area contributed by atoms with E-state index >= 15 is 0 Å². The summed E-state index contributed by atoms with van der Waals surface area (Å²) in [5.41, 5.74) is 0.849. The molecule has 6 nitrogen and oxygen atoms in total. The van der Waals surface area contributed by atoms with Crippen molar-refractivity contribution in [1.29, 1.82) is 0 Å². The highest BCUT2D eigenvalue weighted by Crippen LogP contribution is 2.31. The zero-order chi connectivity index (χ0) is 17.7. The van der Waals surface area contributed by atoms with Gasteiger partial charge in [-0.05, 0) is 19.9 Å². The molecule has 0 spiro atoms. The van der Waals surface area contributed by atoms with Crippen LogP contribution in [-0.4, -0.2) is 43.8 Å². The average molecular weight is 336 g/mol. The molecular formula is C17H21FN2O4. The summed E-state index contributed by atoms with van der Waals surface area (Å²) in [6.45, 7) is 4.36. The van der Waals surface area contributed by atoms with Crippen molar-refractivity contribution in [2.75, 3.05) is 26.9 Å². The Balaban J connectivity index is 2.32. The molecular weight excluding hydrogens is 315 g/mol. The number of benzene rings is 1. The van der Waals surface area contributed by atoms with E-state index in [0.717, 1.165) is 0 Å². The van der Waals surface area contributed by atoms with Crippen molar-refractivity contribution < 1.29 is 23.5 Å². The second-order valence-electron chi connectivity index (χ2n) is 5.29. The van der Waals surface area contributed by atoms with Crippen LogP contribution < -0.4 is 5.32 Å². The van der Waals surface area contributed by atoms with E-state index in [1.807, 2.05) is 6.92 Å². The maximum absolute atomic E-state index is 14.2. The van der Waals surface area contributed by atoms with Gasteiger partial charge in [0, 0.05) is 24.9 Å². The van der Waals surface area contributed by atoms with Crippen molar-refractivity contribution in [3.63, 3.8) is 0 Å². The number of hydrogen-bond donors (Lipinski definition) is 1. The monoisotopic (exact) mass is 336 g/mol. The van der Waals surface area contributed by atoms with Crippen LogP contribution in [0, 0.1) is 5.82 Å². The molecule has 0 fully saturated rings. The number of ether oxygens (including phenoxy) is 2. The van der Waals surface area contributed by atoms with E-state index in [0.29, 0.717) is 12.3 Å². The van der Waals surface area contributed by atoms with Gasteiger partial charge >= 0.3 is 12.0 Å². The van der Waals surface area contributed by atoms with Gasteiger partial charge in [0.1, 0.15) is 12.4 Å². The van der Waals surface area contributed by atoms with Gasteiger partial charge in [0.2, 0.25) is 0 Å². The standard InChI is InChI=1S/C17H21FN2O4/c1-4-23-9-10-24-16(21)14-11(2)20(3)17(22)19-15(14)12-7-5-6-8-13(12)18/h5-8,15H,4,9-10H2,1-3H3,(H,19,22)/t15-/m1/s1. The molecule has 1 aromatic rings. The highest BCUT2D eigenvalue weighted by Gasteiger charge is 2.36. The first-order chi connectivity index (χ1) is 11.5. The van der Waals surface area contributed by atoms with Crippen molar-refractivity contribution in [1.82, 2.24) is 10.2 Å². The number of allylic oxidation sites excluding steroid dienone is 1. The number of nitrogens with zero attached hydrogens (tertiary/aromatic N) is 1. The largest absolute Gasteiger partial charge is 0.460 e. The number of urea groups is 1. The van der Waals surface area contributed by atoms with E-state index in [2.05, 4.69) is 5.32 Å². The summed E-state index contributed by atoms with van der Waals surface area (Å²) in [6, 6.07) is 4.71. The molecule has 2 rings (SSSR count). The predicted octanol–water partition coefficient (Wildman–Crippen LogP) is 2.38. The summed E-state index contributed by atoms with van der Waals surface area (Å²) < 4.78 is 24.5. The first kappa shape index (κ1) is 17.9. The minimum Gasteiger partial charge on any atom is -0.460 e. The average Bonchev–Trinajstić information content (AvgIpc) is 2.56. The number of carbonyl (C=O) groups excluding carboxylic acids is 2. The van der Waals surface area contributed by atoms with Gasteiger partial charge in [0.15, 0.2) is 0 Å². The van der Waals surface area contributed by atoms with Crippen LogP contribution in [0.1, 0.15) is 25.5 Å². The molecule has 1 aliphatic heterocycles. The lowest BCUT2D eigenvalue weighted by Crippen LogP contribution is -2.46. The molecule has 1 aliphatic rings. The van der Waals surface area contributed by atoms with Crippen LogP contribution in [0.2, 0.25) is 0 Å². The van der Waals surface area contributed by atoms with E-state index in [1.165, 1.54) is 24.1 Å². The number of rotatable bonds is 6. The van der Waals surface area contributed by atoms with Gasteiger partial charge < -0.3 is 19.7 Å². The topological polar surface area (TPSA) is 67.9 Å². The van der Waals surface area contributed by atoms with Gasteiger partial charge in [0.25, 0.3) is 0 Å². The number of carbonyl (C=O) groups is 2. The molecule has 1 atom stereocenters. The van der Waals surface area contributed by atoms with Crippen molar-refractivity contribution in [3.05, 3.63) is 46.9 Å². The Morgan fingerprint density at radius 1 is 1.33 bits per heavy atom. The first-order valence-corrected chi connectivity index (χ1v) is 7.71. The van der Waals surface area contributed by atoms with Crippen molar-refractivity contribution in [2.24, 2.45) is 0 Å². The van der Waals surface area contributed by atoms with Crippen LogP contribution in [0.4, 0.5) is 9.18 Å². The number of nitrogens with one attached hydrogen (secondary N) is 1. The van der Waals surface area contributed by atoms with E-state index < -0.39 is 23.9 Å². The number of esters is 1. The highest BCUT2D eigenvalue weighted by molar-refractivity contribution is 5.95. The van der Waals surface area contributed by atoms with Gasteiger partial charge in [-0.15, -0.1) is 0 Å². The lowest BCUT2D eigenvalue weighted by atomic mass is 9.94. The Morgan fingerprint density at radius 3 is 2.71 bits per heavy atom. The van der Waals surface area contributed by atoms with Gasteiger partial charge in [0.05, 0.1) is 18.2 Å². The highest BCUT2D eigenvalue weighted by atomic mass is 19.1. The smallest absolute Gasteiger partial charge is 0.338 e. The molecule has 0 unspecified atom stereocenters. The molecule has 0 bridgehead atoms. The van der Waals surface area contributed by atoms with Gasteiger partial charge in [-0.3, -0.25) is 0 Å². The first-order valence-electron chi connectivity index (χ1n) is 7.71. The molecule has 0 saturated heterocycles. The maximum Gasteiger partial charge on any atom is 0.338 e. The lowest BCUT2D eigenvalue weighted by molar-refractivity contribution is -0.141. The quantitative estimate of drug-likeness (QED) is 0.640. The van der Waals surface area contributed by atoms with Crippen LogP contribution in [0.3, 0.4) is 0 Å². The normalized spacial score (nSPS) is 17.8. The van der Waals surface area contributed by atoms with Gasteiger partial charge in [-0.25, -0.2) is 14.0 Å². The molecule has 1 N–H and O–H groups in total. The van der Waals surface area contributed by atoms with Gasteiger partial charge in [-0.2, -0.15) is 0 Å². The zero-order valence-electron chi connectivity index (χ0n) is 14.0. The van der Waals surface area contributed by atoms with E-state index in [1.54, 1.807) is 19.1 Å². The van der Waals surface area contributed by atoms with Crippen LogP contribution in [-0.2, 0) is 14.3 Å². The third kappa shape index (κ3) is 3.73. The molecule has 0 saturated carbocycles. The fraction of sp³-hybridized carbons (Fsp3) is 0.412. The lowest BCUT2D eigenvalue weighted by Gasteiger charge is -2.33. The van der Waals surface area contributed by atoms with Gasteiger partial charge in [-0.1, -0.05) is 18.2 Å². The Bertz CT molecular complexity index is 660. The summed E-state index contributed by atoms with van der Waals surface area (Å²) in [6.07, 6.45) is 0. The maximum atomic E-state index is 14.2. The second kappa shape index (κ2) is 7.92. The second-order valence-corrected chi connectivity index (χ2v) is 5.29. The van der Waals surface area contributed by atoms with E-state index in [-0.39, 0.29) is 24.4 Å². The van der Waals surface area contributed by atoms with Crippen LogP contribution in [0.5, 0.6) is 0 Å².